The van der Waals surface area contributed by atoms with Gasteiger partial charge in [0.25, 0.3) is 0 Å². The molecule has 1 aromatic carbocycles. The second-order valence-electron chi connectivity index (χ2n) is 5.86. The Labute approximate surface area is 112 Å². The van der Waals surface area contributed by atoms with Gasteiger partial charge in [0.2, 0.25) is 0 Å². The lowest BCUT2D eigenvalue weighted by atomic mass is 9.84. The lowest BCUT2D eigenvalue weighted by molar-refractivity contribution is 0.448. The Morgan fingerprint density at radius 1 is 1.41 bits per heavy atom. The first kappa shape index (κ1) is 13.1. The van der Waals surface area contributed by atoms with Crippen LogP contribution >= 0.6 is 15.9 Å². The van der Waals surface area contributed by atoms with E-state index in [-0.39, 0.29) is 11.0 Å². The van der Waals surface area contributed by atoms with E-state index in [0.29, 0.717) is 0 Å². The zero-order chi connectivity index (χ0) is 12.5. The molecule has 2 rings (SSSR count). The average Bonchev–Trinajstić information content (AvgIpc) is 2.96. The Morgan fingerprint density at radius 3 is 2.71 bits per heavy atom. The zero-order valence-corrected chi connectivity index (χ0v) is 12.2. The van der Waals surface area contributed by atoms with E-state index >= 15 is 0 Å². The van der Waals surface area contributed by atoms with Gasteiger partial charge in [-0.2, -0.15) is 0 Å². The minimum absolute atomic E-state index is 0.0906. The van der Waals surface area contributed by atoms with Crippen LogP contribution in [0.2, 0.25) is 0 Å². The summed E-state index contributed by atoms with van der Waals surface area (Å²) in [5.41, 5.74) is 7.64. The molecule has 0 amide bonds. The van der Waals surface area contributed by atoms with Gasteiger partial charge in [-0.25, -0.2) is 0 Å². The molecule has 3 heteroatoms. The topological polar surface area (TPSA) is 38.0 Å². The fourth-order valence-corrected chi connectivity index (χ4v) is 2.37. The first-order valence-electron chi connectivity index (χ1n) is 6.17. The molecule has 0 bridgehead atoms. The molecule has 1 aromatic rings. The number of nitrogens with one attached hydrogen (secondary N) is 1. The molecule has 1 saturated carbocycles. The van der Waals surface area contributed by atoms with Gasteiger partial charge in [0, 0.05) is 28.5 Å². The fourth-order valence-electron chi connectivity index (χ4n) is 1.97. The predicted molar refractivity (Wildman–Crippen MR) is 76.2 cm³/mol. The second kappa shape index (κ2) is 4.71. The van der Waals surface area contributed by atoms with E-state index in [9.17, 15) is 0 Å². The average molecular weight is 297 g/mol. The molecular weight excluding hydrogens is 276 g/mol. The third kappa shape index (κ3) is 3.54. The lowest BCUT2D eigenvalue weighted by Crippen LogP contribution is -2.41. The maximum atomic E-state index is 6.07. The van der Waals surface area contributed by atoms with Crippen molar-refractivity contribution in [2.45, 2.75) is 37.6 Å². The smallest absolute Gasteiger partial charge is 0.0282 e. The van der Waals surface area contributed by atoms with Crippen LogP contribution in [-0.4, -0.2) is 18.6 Å². The molecule has 3 N–H and O–H groups in total. The van der Waals surface area contributed by atoms with E-state index in [1.807, 2.05) is 0 Å². The van der Waals surface area contributed by atoms with E-state index < -0.39 is 0 Å². The maximum Gasteiger partial charge on any atom is 0.0282 e. The maximum absolute atomic E-state index is 6.07. The van der Waals surface area contributed by atoms with Crippen LogP contribution < -0.4 is 11.1 Å². The van der Waals surface area contributed by atoms with Crippen molar-refractivity contribution in [2.75, 3.05) is 13.1 Å². The third-order valence-corrected chi connectivity index (χ3v) is 4.04. The Hall–Kier alpha value is -0.380. The van der Waals surface area contributed by atoms with Crippen LogP contribution in [0.4, 0.5) is 0 Å². The Morgan fingerprint density at radius 2 is 2.12 bits per heavy atom. The molecule has 0 atom stereocenters. The highest BCUT2D eigenvalue weighted by atomic mass is 79.9. The summed E-state index contributed by atoms with van der Waals surface area (Å²) in [7, 11) is 0. The van der Waals surface area contributed by atoms with E-state index in [1.54, 1.807) is 0 Å². The molecule has 1 aliphatic rings. The summed E-state index contributed by atoms with van der Waals surface area (Å²) in [6.45, 7) is 6.42. The van der Waals surface area contributed by atoms with Crippen LogP contribution in [0.1, 0.15) is 32.3 Å². The summed E-state index contributed by atoms with van der Waals surface area (Å²) < 4.78 is 1.14. The van der Waals surface area contributed by atoms with Crippen molar-refractivity contribution in [3.05, 3.63) is 34.3 Å². The highest BCUT2D eigenvalue weighted by Crippen LogP contribution is 2.31. The predicted octanol–water partition coefficient (Wildman–Crippen LogP) is 2.81. The number of rotatable bonds is 5. The summed E-state index contributed by atoms with van der Waals surface area (Å²) in [5.74, 6) is 0. The van der Waals surface area contributed by atoms with Crippen molar-refractivity contribution < 1.29 is 0 Å². The molecule has 1 fully saturated rings. The number of hydrogen-bond donors (Lipinski definition) is 2. The summed E-state index contributed by atoms with van der Waals surface area (Å²) in [6, 6.07) is 8.53. The Kier molecular flexibility index (Phi) is 3.62. The van der Waals surface area contributed by atoms with Gasteiger partial charge in [-0.1, -0.05) is 41.9 Å². The molecule has 0 aromatic heterocycles. The first-order valence-corrected chi connectivity index (χ1v) is 6.96. The highest BCUT2D eigenvalue weighted by Gasteiger charge is 2.37. The number of benzene rings is 1. The standard InChI is InChI=1S/C14H21BrN2/c1-13(2,9-17-10-14(16)6-7-14)11-4-3-5-12(15)8-11/h3-5,8,17H,6-7,9-10,16H2,1-2H3. The van der Waals surface area contributed by atoms with Gasteiger partial charge in [0.1, 0.15) is 0 Å². The van der Waals surface area contributed by atoms with Crippen molar-refractivity contribution in [2.24, 2.45) is 5.73 Å². The zero-order valence-electron chi connectivity index (χ0n) is 10.6. The van der Waals surface area contributed by atoms with E-state index in [0.717, 1.165) is 30.4 Å². The molecule has 0 unspecified atom stereocenters. The highest BCUT2D eigenvalue weighted by molar-refractivity contribution is 9.10. The van der Waals surface area contributed by atoms with Crippen LogP contribution in [0.3, 0.4) is 0 Å². The van der Waals surface area contributed by atoms with Crippen molar-refractivity contribution in [3.8, 4) is 0 Å². The molecule has 1 aliphatic carbocycles. The van der Waals surface area contributed by atoms with Crippen LogP contribution in [0.15, 0.2) is 28.7 Å². The van der Waals surface area contributed by atoms with Crippen LogP contribution in [0.25, 0.3) is 0 Å². The van der Waals surface area contributed by atoms with Crippen LogP contribution in [0.5, 0.6) is 0 Å². The van der Waals surface area contributed by atoms with Crippen molar-refractivity contribution >= 4 is 15.9 Å². The van der Waals surface area contributed by atoms with E-state index in [1.165, 1.54) is 5.56 Å². The van der Waals surface area contributed by atoms with Crippen LogP contribution in [0, 0.1) is 0 Å². The molecular formula is C14H21BrN2. The van der Waals surface area contributed by atoms with Crippen LogP contribution in [-0.2, 0) is 5.41 Å². The summed E-state index contributed by atoms with van der Waals surface area (Å²) in [4.78, 5) is 0. The van der Waals surface area contributed by atoms with Gasteiger partial charge in [-0.15, -0.1) is 0 Å². The van der Waals surface area contributed by atoms with E-state index in [4.69, 9.17) is 5.73 Å². The molecule has 17 heavy (non-hydrogen) atoms. The summed E-state index contributed by atoms with van der Waals surface area (Å²) in [5, 5.41) is 3.51. The molecule has 0 spiro atoms. The third-order valence-electron chi connectivity index (χ3n) is 3.54. The van der Waals surface area contributed by atoms with Gasteiger partial charge in [0.05, 0.1) is 0 Å². The molecule has 94 valence electrons. The monoisotopic (exact) mass is 296 g/mol. The van der Waals surface area contributed by atoms with Crippen molar-refractivity contribution in [3.63, 3.8) is 0 Å². The fraction of sp³-hybridized carbons (Fsp3) is 0.571. The number of nitrogens with two attached hydrogens (primary N) is 1. The summed E-state index contributed by atoms with van der Waals surface area (Å²) >= 11 is 3.52. The van der Waals surface area contributed by atoms with Gasteiger partial charge in [-0.3, -0.25) is 0 Å². The van der Waals surface area contributed by atoms with E-state index in [2.05, 4.69) is 59.4 Å². The van der Waals surface area contributed by atoms with Gasteiger partial charge >= 0.3 is 0 Å². The molecule has 0 aliphatic heterocycles. The Bertz CT molecular complexity index is 397. The number of halogens is 1. The normalized spacial score (nSPS) is 18.1. The second-order valence-corrected chi connectivity index (χ2v) is 6.78. The van der Waals surface area contributed by atoms with Gasteiger partial charge in [-0.05, 0) is 30.5 Å². The minimum atomic E-state index is 0.0906. The minimum Gasteiger partial charge on any atom is -0.324 e. The Balaban J connectivity index is 1.93. The van der Waals surface area contributed by atoms with Crippen molar-refractivity contribution in [1.82, 2.24) is 5.32 Å². The summed E-state index contributed by atoms with van der Waals surface area (Å²) in [6.07, 6.45) is 2.33. The quantitative estimate of drug-likeness (QED) is 0.877. The lowest BCUT2D eigenvalue weighted by Gasteiger charge is -2.27. The largest absolute Gasteiger partial charge is 0.324 e. The molecule has 0 saturated heterocycles. The molecule has 2 nitrogen and oxygen atoms in total. The number of hydrogen-bond acceptors (Lipinski definition) is 2. The molecule has 0 radical (unpaired) electrons. The molecule has 0 heterocycles. The van der Waals surface area contributed by atoms with Gasteiger partial charge in [0.15, 0.2) is 0 Å². The van der Waals surface area contributed by atoms with Gasteiger partial charge < -0.3 is 11.1 Å². The van der Waals surface area contributed by atoms with Crippen molar-refractivity contribution in [1.29, 1.82) is 0 Å². The first-order chi connectivity index (χ1) is 7.91. The SMILES string of the molecule is CC(C)(CNCC1(N)CC1)c1cccc(Br)c1.